The third kappa shape index (κ3) is 1610. The minimum atomic E-state index is -2.06. The molecule has 0 aromatic rings. The highest BCUT2D eigenvalue weighted by molar-refractivity contribution is 7.76. The van der Waals surface area contributed by atoms with Crippen molar-refractivity contribution in [2.45, 2.75) is 0 Å². The molecule has 0 aliphatic rings. The highest BCUT2D eigenvalue weighted by Gasteiger charge is 1.30. The lowest BCUT2D eigenvalue weighted by Gasteiger charge is -1.19. The van der Waals surface area contributed by atoms with Crippen molar-refractivity contribution >= 4 is 18.7 Å². The first kappa shape index (κ1) is 4.04. The van der Waals surface area contributed by atoms with Gasteiger partial charge in [0.2, 0.25) is 8.95 Å². The molecule has 0 spiro atoms. The van der Waals surface area contributed by atoms with Gasteiger partial charge in [0.15, 0.2) is 9.70 Å². The standard InChI is InChI=1S/O2SSi/c1-3(2)4. The van der Waals surface area contributed by atoms with Gasteiger partial charge in [-0.3, -0.25) is 0 Å². The summed E-state index contributed by atoms with van der Waals surface area (Å²) in [6.07, 6.45) is 0. The molecule has 2 radical (unpaired) electrons. The summed E-state index contributed by atoms with van der Waals surface area (Å²) in [7, 11) is 0.173. The predicted molar refractivity (Wildman–Crippen MR) is 14.7 cm³/mol. The molecular weight excluding hydrogens is 92.2 g/mol. The molecule has 0 saturated carbocycles. The second kappa shape index (κ2) is 1.37. The smallest absolute Gasteiger partial charge is 0.194 e. The topological polar surface area (TPSA) is 34.1 Å². The Morgan fingerprint density at radius 1 is 1.50 bits per heavy atom. The molecule has 0 aliphatic carbocycles. The van der Waals surface area contributed by atoms with Crippen LogP contribution in [0.25, 0.3) is 0 Å². The Hall–Kier alpha value is 0.0369. The van der Waals surface area contributed by atoms with Crippen molar-refractivity contribution in [1.29, 1.82) is 0 Å². The van der Waals surface area contributed by atoms with E-state index in [9.17, 15) is 0 Å². The molecule has 0 rings (SSSR count). The van der Waals surface area contributed by atoms with E-state index in [1.54, 1.807) is 0 Å². The summed E-state index contributed by atoms with van der Waals surface area (Å²) in [5.74, 6) is 0. The third-order valence-corrected chi connectivity index (χ3v) is 0. The van der Waals surface area contributed by atoms with Gasteiger partial charge in [-0.15, -0.1) is 0 Å². The van der Waals surface area contributed by atoms with Gasteiger partial charge in [-0.2, -0.15) is 8.42 Å². The van der Waals surface area contributed by atoms with Crippen molar-refractivity contribution in [3.05, 3.63) is 0 Å². The third-order valence-electron chi connectivity index (χ3n) is 0. The largest absolute Gasteiger partial charge is 0.223 e. The second-order valence-electron chi connectivity index (χ2n) is 0.235. The average molecular weight is 92.2 g/mol. The highest BCUT2D eigenvalue weighted by atomic mass is 32.2. The summed E-state index contributed by atoms with van der Waals surface area (Å²) < 4.78 is 17.8. The molecule has 0 amide bonds. The maximum atomic E-state index is 8.91. The molecule has 0 N–H and O–H groups in total. The Bertz CT molecular complexity index is 75.4. The summed E-state index contributed by atoms with van der Waals surface area (Å²) in [5, 5.41) is 0. The van der Waals surface area contributed by atoms with Crippen LogP contribution >= 0.6 is 0 Å². The van der Waals surface area contributed by atoms with Gasteiger partial charge in [-0.25, -0.2) is 0 Å². The van der Waals surface area contributed by atoms with Crippen molar-refractivity contribution in [2.75, 3.05) is 0 Å². The molecule has 0 aromatic heterocycles. The van der Waals surface area contributed by atoms with Crippen LogP contribution in [0, 0.1) is 0 Å². The minimum Gasteiger partial charge on any atom is -0.194 e. The fraction of sp³-hybridized carbons (Fsp3) is 0. The Morgan fingerprint density at radius 3 is 1.50 bits per heavy atom. The van der Waals surface area contributed by atoms with Crippen molar-refractivity contribution < 1.29 is 8.42 Å². The van der Waals surface area contributed by atoms with E-state index < -0.39 is 9.70 Å². The fourth-order valence-corrected chi connectivity index (χ4v) is 0. The Kier molecular flexibility index (Phi) is 1.38. The number of hydrogen-bond donors (Lipinski definition) is 0. The summed E-state index contributed by atoms with van der Waals surface area (Å²) in [4.78, 5) is 0. The van der Waals surface area contributed by atoms with Crippen molar-refractivity contribution in [2.24, 2.45) is 0 Å². The quantitative estimate of drug-likeness (QED) is 0.357. The zero-order valence-corrected chi connectivity index (χ0v) is 3.54. The van der Waals surface area contributed by atoms with Crippen LogP contribution < -0.4 is 0 Å². The lowest BCUT2D eigenvalue weighted by Crippen LogP contribution is -1.41. The molecule has 4 heteroatoms. The average Bonchev–Trinajstić information content (AvgIpc) is 0.811. The van der Waals surface area contributed by atoms with Crippen LogP contribution in [-0.4, -0.2) is 17.4 Å². The van der Waals surface area contributed by atoms with Gasteiger partial charge in [0.05, 0.1) is 0 Å². The van der Waals surface area contributed by atoms with Gasteiger partial charge < -0.3 is 0 Å². The summed E-state index contributed by atoms with van der Waals surface area (Å²) >= 11 is 0. The minimum absolute atomic E-state index is 2.06. The maximum absolute atomic E-state index is 8.91. The summed E-state index contributed by atoms with van der Waals surface area (Å²) in [6, 6.07) is 0. The van der Waals surface area contributed by atoms with E-state index in [0.29, 0.717) is 0 Å². The maximum Gasteiger partial charge on any atom is 0.223 e. The summed E-state index contributed by atoms with van der Waals surface area (Å²) in [5.41, 5.74) is 0. The van der Waals surface area contributed by atoms with E-state index >= 15 is 0 Å². The molecular formula is O2SSi. The molecule has 4 heavy (non-hydrogen) atoms. The lowest BCUT2D eigenvalue weighted by atomic mass is 15.9. The molecule has 0 bridgehead atoms. The molecule has 0 fully saturated rings. The predicted octanol–water partition coefficient (Wildman–Crippen LogP) is -1.05. The first-order valence-electron chi connectivity index (χ1n) is 0.537. The SMILES string of the molecule is O=S(=O)=[Si]. The molecule has 0 aliphatic heterocycles. The molecule has 22 valence electrons. The monoisotopic (exact) mass is 91.9 g/mol. The van der Waals surface area contributed by atoms with E-state index in [2.05, 4.69) is 8.95 Å². The van der Waals surface area contributed by atoms with Crippen LogP contribution in [0.1, 0.15) is 0 Å². The van der Waals surface area contributed by atoms with Gasteiger partial charge in [-0.1, -0.05) is 0 Å². The van der Waals surface area contributed by atoms with Gasteiger partial charge >= 0.3 is 0 Å². The Labute approximate surface area is 28.0 Å². The van der Waals surface area contributed by atoms with Gasteiger partial charge in [0.1, 0.15) is 0 Å². The highest BCUT2D eigenvalue weighted by Crippen LogP contribution is 1.06. The van der Waals surface area contributed by atoms with E-state index in [4.69, 9.17) is 8.42 Å². The molecule has 2 nitrogen and oxygen atoms in total. The fourth-order valence-electron chi connectivity index (χ4n) is 0. The van der Waals surface area contributed by atoms with Gasteiger partial charge in [-0.05, 0) is 0 Å². The summed E-state index contributed by atoms with van der Waals surface area (Å²) in [6.45, 7) is 0. The van der Waals surface area contributed by atoms with Crippen molar-refractivity contribution in [3.63, 3.8) is 0 Å². The first-order valence-corrected chi connectivity index (χ1v) is 2.84. The van der Waals surface area contributed by atoms with E-state index in [-0.39, 0.29) is 0 Å². The molecule has 0 heterocycles. The normalized spacial score (nSPS) is 6.00. The molecule has 0 unspecified atom stereocenters. The van der Waals surface area contributed by atoms with E-state index in [0.717, 1.165) is 0 Å². The lowest BCUT2D eigenvalue weighted by molar-refractivity contribution is 0.628. The molecule has 0 atom stereocenters. The van der Waals surface area contributed by atoms with Crippen LogP contribution in [0.4, 0.5) is 0 Å². The zero-order valence-electron chi connectivity index (χ0n) is 1.72. The van der Waals surface area contributed by atoms with E-state index in [1.165, 1.54) is 0 Å². The van der Waals surface area contributed by atoms with Crippen LogP contribution in [0.3, 0.4) is 0 Å². The zero-order chi connectivity index (χ0) is 3.58. The Morgan fingerprint density at radius 2 is 1.50 bits per heavy atom. The van der Waals surface area contributed by atoms with Crippen LogP contribution in [-0.2, 0) is 9.70 Å². The van der Waals surface area contributed by atoms with Crippen molar-refractivity contribution in [3.8, 4) is 0 Å². The number of rotatable bonds is 0. The van der Waals surface area contributed by atoms with Crippen LogP contribution in [0.15, 0.2) is 0 Å². The van der Waals surface area contributed by atoms with Gasteiger partial charge in [0, 0.05) is 0 Å². The second-order valence-corrected chi connectivity index (χ2v) is 1.70. The van der Waals surface area contributed by atoms with Crippen molar-refractivity contribution in [1.82, 2.24) is 0 Å². The molecule has 0 saturated heterocycles. The van der Waals surface area contributed by atoms with Crippen LogP contribution in [0.2, 0.25) is 0 Å². The number of hydrogen-bond acceptors (Lipinski definition) is 2. The van der Waals surface area contributed by atoms with Gasteiger partial charge in [0.25, 0.3) is 0 Å². The van der Waals surface area contributed by atoms with Crippen LogP contribution in [0.5, 0.6) is 0 Å². The Balaban J connectivity index is 4.65. The van der Waals surface area contributed by atoms with E-state index in [1.807, 2.05) is 0 Å². The molecule has 0 aromatic carbocycles. The first-order chi connectivity index (χ1) is 1.73.